The van der Waals surface area contributed by atoms with E-state index in [-0.39, 0.29) is 0 Å². The Labute approximate surface area is 115 Å². The van der Waals surface area contributed by atoms with Crippen LogP contribution >= 0.6 is 0 Å². The van der Waals surface area contributed by atoms with Crippen molar-refractivity contribution in [3.8, 4) is 5.82 Å². The van der Waals surface area contributed by atoms with E-state index in [4.69, 9.17) is 0 Å². The molecule has 0 atom stereocenters. The molecule has 0 saturated heterocycles. The summed E-state index contributed by atoms with van der Waals surface area (Å²) in [6.07, 6.45) is 5.33. The monoisotopic (exact) mass is 270 g/mol. The maximum Gasteiger partial charge on any atom is 0.175 e. The molecule has 0 spiro atoms. The third kappa shape index (κ3) is 2.79. The Morgan fingerprint density at radius 3 is 2.75 bits per heavy atom. The maximum absolute atomic E-state index is 4.28. The lowest BCUT2D eigenvalue weighted by Gasteiger charge is -2.05. The van der Waals surface area contributed by atoms with E-state index in [2.05, 4.69) is 30.9 Å². The van der Waals surface area contributed by atoms with Crippen molar-refractivity contribution in [2.75, 3.05) is 11.9 Å². The van der Waals surface area contributed by atoms with Crippen molar-refractivity contribution in [2.24, 2.45) is 0 Å². The SMILES string of the molecule is Cc1ccn(-c2ccc(NCCn3ccnn3)nn2)n1. The van der Waals surface area contributed by atoms with Crippen LogP contribution < -0.4 is 5.32 Å². The normalized spacial score (nSPS) is 10.7. The summed E-state index contributed by atoms with van der Waals surface area (Å²) in [5.74, 6) is 1.41. The van der Waals surface area contributed by atoms with Crippen molar-refractivity contribution in [1.29, 1.82) is 0 Å². The van der Waals surface area contributed by atoms with E-state index in [1.807, 2.05) is 37.5 Å². The van der Waals surface area contributed by atoms with Gasteiger partial charge in [0.1, 0.15) is 5.82 Å². The fourth-order valence-electron chi connectivity index (χ4n) is 1.73. The lowest BCUT2D eigenvalue weighted by molar-refractivity contribution is 0.608. The molecule has 3 heterocycles. The quantitative estimate of drug-likeness (QED) is 0.733. The minimum Gasteiger partial charge on any atom is -0.367 e. The van der Waals surface area contributed by atoms with Crippen LogP contribution in [-0.2, 0) is 6.54 Å². The number of nitrogens with zero attached hydrogens (tertiary/aromatic N) is 7. The molecule has 0 aliphatic carbocycles. The summed E-state index contributed by atoms with van der Waals surface area (Å²) in [4.78, 5) is 0. The standard InChI is InChI=1S/C12H14N8/c1-10-4-7-20(17-10)12-3-2-11(15-16-12)13-5-8-19-9-6-14-18-19/h2-4,6-7,9H,5,8H2,1H3,(H,13,15). The number of rotatable bonds is 5. The fraction of sp³-hybridized carbons (Fsp3) is 0.250. The van der Waals surface area contributed by atoms with Crippen molar-refractivity contribution in [2.45, 2.75) is 13.5 Å². The molecule has 102 valence electrons. The van der Waals surface area contributed by atoms with Gasteiger partial charge in [-0.15, -0.1) is 15.3 Å². The van der Waals surface area contributed by atoms with Crippen LogP contribution in [0.2, 0.25) is 0 Å². The van der Waals surface area contributed by atoms with Gasteiger partial charge in [-0.2, -0.15) is 5.10 Å². The smallest absolute Gasteiger partial charge is 0.175 e. The van der Waals surface area contributed by atoms with Crippen molar-refractivity contribution < 1.29 is 0 Å². The molecule has 0 amide bonds. The predicted octanol–water partition coefficient (Wildman–Crippen LogP) is 0.674. The molecular weight excluding hydrogens is 256 g/mol. The molecule has 0 unspecified atom stereocenters. The summed E-state index contributed by atoms with van der Waals surface area (Å²) in [7, 11) is 0. The van der Waals surface area contributed by atoms with E-state index in [1.165, 1.54) is 0 Å². The average molecular weight is 270 g/mol. The second-order valence-corrected chi connectivity index (χ2v) is 4.27. The summed E-state index contributed by atoms with van der Waals surface area (Å²) in [5.41, 5.74) is 0.946. The van der Waals surface area contributed by atoms with Crippen LogP contribution in [-0.4, -0.2) is 41.5 Å². The Balaban J connectivity index is 1.58. The van der Waals surface area contributed by atoms with E-state index in [0.717, 1.165) is 18.1 Å². The van der Waals surface area contributed by atoms with Crippen molar-refractivity contribution in [1.82, 2.24) is 35.0 Å². The molecule has 20 heavy (non-hydrogen) atoms. The van der Waals surface area contributed by atoms with Crippen molar-refractivity contribution in [3.05, 3.63) is 42.5 Å². The minimum atomic E-state index is 0.694. The molecule has 3 aromatic rings. The van der Waals surface area contributed by atoms with E-state index >= 15 is 0 Å². The molecule has 3 rings (SSSR count). The van der Waals surface area contributed by atoms with Gasteiger partial charge in [0.25, 0.3) is 0 Å². The van der Waals surface area contributed by atoms with Crippen molar-refractivity contribution in [3.63, 3.8) is 0 Å². The van der Waals surface area contributed by atoms with Gasteiger partial charge in [0, 0.05) is 18.9 Å². The molecule has 3 aromatic heterocycles. The molecule has 0 aromatic carbocycles. The first kappa shape index (κ1) is 12.3. The number of aromatic nitrogens is 7. The van der Waals surface area contributed by atoms with Gasteiger partial charge in [-0.1, -0.05) is 5.21 Å². The summed E-state index contributed by atoms with van der Waals surface area (Å²) in [6, 6.07) is 5.67. The summed E-state index contributed by atoms with van der Waals surface area (Å²) < 4.78 is 3.45. The Morgan fingerprint density at radius 1 is 1.15 bits per heavy atom. The number of nitrogens with one attached hydrogen (secondary N) is 1. The summed E-state index contributed by atoms with van der Waals surface area (Å²) in [5, 5.41) is 23.3. The maximum atomic E-state index is 4.28. The lowest BCUT2D eigenvalue weighted by Crippen LogP contribution is -2.12. The third-order valence-electron chi connectivity index (χ3n) is 2.73. The summed E-state index contributed by atoms with van der Waals surface area (Å²) >= 11 is 0. The molecule has 8 heteroatoms. The van der Waals surface area contributed by atoms with E-state index in [0.29, 0.717) is 12.4 Å². The van der Waals surface area contributed by atoms with Crippen molar-refractivity contribution >= 4 is 5.82 Å². The van der Waals surface area contributed by atoms with Crippen LogP contribution in [0.4, 0.5) is 5.82 Å². The first-order valence-corrected chi connectivity index (χ1v) is 6.25. The van der Waals surface area contributed by atoms with Crippen LogP contribution in [0.1, 0.15) is 5.69 Å². The Bertz CT molecular complexity index is 655. The molecule has 8 nitrogen and oxygen atoms in total. The summed E-state index contributed by atoms with van der Waals surface area (Å²) in [6.45, 7) is 3.37. The molecule has 0 radical (unpaired) electrons. The predicted molar refractivity (Wildman–Crippen MR) is 72.4 cm³/mol. The van der Waals surface area contributed by atoms with Gasteiger partial charge in [0.2, 0.25) is 0 Å². The fourth-order valence-corrected chi connectivity index (χ4v) is 1.73. The highest BCUT2D eigenvalue weighted by Gasteiger charge is 2.01. The van der Waals surface area contributed by atoms with Crippen LogP contribution in [0.15, 0.2) is 36.8 Å². The van der Waals surface area contributed by atoms with E-state index in [9.17, 15) is 0 Å². The van der Waals surface area contributed by atoms with Crippen LogP contribution in [0.3, 0.4) is 0 Å². The first-order valence-electron chi connectivity index (χ1n) is 6.25. The highest BCUT2D eigenvalue weighted by atomic mass is 15.4. The number of aryl methyl sites for hydroxylation is 1. The zero-order valence-electron chi connectivity index (χ0n) is 11.0. The topological polar surface area (TPSA) is 86.3 Å². The number of hydrogen-bond donors (Lipinski definition) is 1. The van der Waals surface area contributed by atoms with E-state index in [1.54, 1.807) is 15.6 Å². The van der Waals surface area contributed by atoms with Gasteiger partial charge >= 0.3 is 0 Å². The highest BCUT2D eigenvalue weighted by molar-refractivity contribution is 5.35. The molecule has 0 saturated carbocycles. The average Bonchev–Trinajstić information content (AvgIpc) is 3.11. The van der Waals surface area contributed by atoms with Gasteiger partial charge < -0.3 is 5.32 Å². The van der Waals surface area contributed by atoms with Gasteiger partial charge in [-0.05, 0) is 25.1 Å². The molecule has 0 aliphatic heterocycles. The van der Waals surface area contributed by atoms with Gasteiger partial charge in [0.15, 0.2) is 5.82 Å². The van der Waals surface area contributed by atoms with Gasteiger partial charge in [-0.3, -0.25) is 4.68 Å². The van der Waals surface area contributed by atoms with E-state index < -0.39 is 0 Å². The van der Waals surface area contributed by atoms with Gasteiger partial charge in [0.05, 0.1) is 18.4 Å². The van der Waals surface area contributed by atoms with Crippen LogP contribution in [0.5, 0.6) is 0 Å². The minimum absolute atomic E-state index is 0.694. The first-order chi connectivity index (χ1) is 9.81. The third-order valence-corrected chi connectivity index (χ3v) is 2.73. The zero-order chi connectivity index (χ0) is 13.8. The molecule has 0 aliphatic rings. The number of anilines is 1. The molecule has 0 bridgehead atoms. The Kier molecular flexibility index (Phi) is 3.36. The number of hydrogen-bond acceptors (Lipinski definition) is 6. The second-order valence-electron chi connectivity index (χ2n) is 4.27. The second kappa shape index (κ2) is 5.47. The zero-order valence-corrected chi connectivity index (χ0v) is 11.0. The largest absolute Gasteiger partial charge is 0.367 e. The van der Waals surface area contributed by atoms with Crippen LogP contribution in [0.25, 0.3) is 5.82 Å². The molecule has 1 N–H and O–H groups in total. The Morgan fingerprint density at radius 2 is 2.10 bits per heavy atom. The lowest BCUT2D eigenvalue weighted by atomic mass is 10.5. The Hall–Kier alpha value is -2.77. The molecule has 0 fully saturated rings. The highest BCUT2D eigenvalue weighted by Crippen LogP contribution is 2.06. The van der Waals surface area contributed by atoms with Crippen LogP contribution in [0, 0.1) is 6.92 Å². The van der Waals surface area contributed by atoms with Gasteiger partial charge in [-0.25, -0.2) is 4.68 Å². The molecular formula is C12H14N8.